The number of nitrogens with zero attached hydrogens (tertiary/aromatic N) is 3. The number of nitrogens with one attached hydrogen (secondary N) is 1. The highest BCUT2D eigenvalue weighted by Gasteiger charge is 2.44. The van der Waals surface area contributed by atoms with E-state index in [2.05, 4.69) is 5.32 Å². The standard InChI is InChI=1S/C31H32F3N5O2/c1-30(39(29(35)41)24-12-6-3-7-13-24,37-23-18-16-22(17-19-23)31(32,33)34)28-36-26-15-9-8-14-25(26)27(40)38(28)20-21-10-4-2-5-11-21/h2,4-5,8-11,14-19,24,37H,3,6-7,12-13,20H2,1H3,(H2,35,41). The van der Waals surface area contributed by atoms with Gasteiger partial charge in [0.1, 0.15) is 0 Å². The van der Waals surface area contributed by atoms with E-state index in [0.717, 1.165) is 37.0 Å². The Kier molecular flexibility index (Phi) is 7.75. The molecule has 41 heavy (non-hydrogen) atoms. The third kappa shape index (κ3) is 5.77. The number of nitrogens with two attached hydrogens (primary N) is 1. The molecule has 214 valence electrons. The molecule has 7 nitrogen and oxygen atoms in total. The monoisotopic (exact) mass is 563 g/mol. The smallest absolute Gasteiger partial charge is 0.357 e. The van der Waals surface area contributed by atoms with Gasteiger partial charge in [-0.25, -0.2) is 9.78 Å². The van der Waals surface area contributed by atoms with Crippen molar-refractivity contribution in [1.82, 2.24) is 14.5 Å². The maximum absolute atomic E-state index is 14.0. The number of amides is 2. The molecule has 10 heteroatoms. The second kappa shape index (κ2) is 11.3. The molecule has 5 rings (SSSR count). The Labute approximate surface area is 235 Å². The number of hydrogen-bond acceptors (Lipinski definition) is 4. The summed E-state index contributed by atoms with van der Waals surface area (Å²) in [7, 11) is 0. The Balaban J connectivity index is 1.74. The molecule has 0 saturated heterocycles. The van der Waals surface area contributed by atoms with Crippen LogP contribution in [0.2, 0.25) is 0 Å². The summed E-state index contributed by atoms with van der Waals surface area (Å²) < 4.78 is 41.5. The molecule has 3 N–H and O–H groups in total. The minimum atomic E-state index is -4.50. The second-order valence-corrected chi connectivity index (χ2v) is 10.6. The highest BCUT2D eigenvalue weighted by atomic mass is 19.4. The van der Waals surface area contributed by atoms with Crippen molar-refractivity contribution in [1.29, 1.82) is 0 Å². The van der Waals surface area contributed by atoms with Crippen LogP contribution in [0.3, 0.4) is 0 Å². The Bertz CT molecular complexity index is 1580. The highest BCUT2D eigenvalue weighted by molar-refractivity contribution is 5.78. The number of hydrogen-bond donors (Lipinski definition) is 2. The molecule has 4 aromatic rings. The van der Waals surface area contributed by atoms with Crippen molar-refractivity contribution in [3.63, 3.8) is 0 Å². The fourth-order valence-corrected chi connectivity index (χ4v) is 5.80. The lowest BCUT2D eigenvalue weighted by Gasteiger charge is -2.47. The van der Waals surface area contributed by atoms with Crippen LogP contribution in [0.25, 0.3) is 10.9 Å². The van der Waals surface area contributed by atoms with Crippen molar-refractivity contribution in [2.45, 2.75) is 63.5 Å². The van der Waals surface area contributed by atoms with Gasteiger partial charge in [-0.1, -0.05) is 61.7 Å². The minimum absolute atomic E-state index is 0.161. The van der Waals surface area contributed by atoms with Gasteiger partial charge in [0.2, 0.25) is 0 Å². The lowest BCUT2D eigenvalue weighted by molar-refractivity contribution is -0.137. The summed E-state index contributed by atoms with van der Waals surface area (Å²) >= 11 is 0. The fourth-order valence-electron chi connectivity index (χ4n) is 5.80. The summed E-state index contributed by atoms with van der Waals surface area (Å²) in [4.78, 5) is 33.7. The molecule has 1 aliphatic rings. The van der Waals surface area contributed by atoms with Crippen molar-refractivity contribution in [2.24, 2.45) is 5.73 Å². The number of urea groups is 1. The number of para-hydroxylation sites is 1. The zero-order chi connectivity index (χ0) is 29.2. The molecule has 1 saturated carbocycles. The van der Waals surface area contributed by atoms with E-state index in [-0.39, 0.29) is 24.0 Å². The van der Waals surface area contributed by atoms with Crippen LogP contribution in [0.4, 0.5) is 23.7 Å². The average molecular weight is 564 g/mol. The van der Waals surface area contributed by atoms with Gasteiger partial charge >= 0.3 is 12.2 Å². The summed E-state index contributed by atoms with van der Waals surface area (Å²) in [6.07, 6.45) is -0.286. The zero-order valence-electron chi connectivity index (χ0n) is 22.7. The summed E-state index contributed by atoms with van der Waals surface area (Å²) in [5.41, 5.74) is 5.06. The number of rotatable bonds is 7. The molecule has 1 unspecified atom stereocenters. The molecule has 0 spiro atoms. The zero-order valence-corrected chi connectivity index (χ0v) is 22.7. The first-order valence-corrected chi connectivity index (χ1v) is 13.7. The number of anilines is 1. The molecule has 2 amide bonds. The van der Waals surface area contributed by atoms with Crippen LogP contribution < -0.4 is 16.6 Å². The SMILES string of the molecule is CC(Nc1ccc(C(F)(F)F)cc1)(c1nc2ccccc2c(=O)n1Cc1ccccc1)N(C(N)=O)C1CCCCC1. The predicted molar refractivity (Wildman–Crippen MR) is 152 cm³/mol. The minimum Gasteiger partial charge on any atom is -0.357 e. The van der Waals surface area contributed by atoms with Gasteiger partial charge in [0.05, 0.1) is 23.0 Å². The highest BCUT2D eigenvalue weighted by Crippen LogP contribution is 2.37. The van der Waals surface area contributed by atoms with Crippen LogP contribution >= 0.6 is 0 Å². The normalized spacial score (nSPS) is 15.8. The Morgan fingerprint density at radius 1 is 0.976 bits per heavy atom. The lowest BCUT2D eigenvalue weighted by Crippen LogP contribution is -2.61. The molecule has 1 aromatic heterocycles. The Morgan fingerprint density at radius 2 is 1.61 bits per heavy atom. The molecule has 0 bridgehead atoms. The van der Waals surface area contributed by atoms with Crippen LogP contribution in [0, 0.1) is 0 Å². The van der Waals surface area contributed by atoms with Gasteiger partial charge in [-0.2, -0.15) is 13.2 Å². The first-order valence-electron chi connectivity index (χ1n) is 13.7. The van der Waals surface area contributed by atoms with E-state index in [0.29, 0.717) is 29.4 Å². The van der Waals surface area contributed by atoms with E-state index in [9.17, 15) is 22.8 Å². The van der Waals surface area contributed by atoms with Gasteiger partial charge in [-0.3, -0.25) is 14.3 Å². The number of alkyl halides is 3. The van der Waals surface area contributed by atoms with E-state index in [1.165, 1.54) is 21.6 Å². The van der Waals surface area contributed by atoms with E-state index >= 15 is 0 Å². The van der Waals surface area contributed by atoms with Gasteiger partial charge in [0.25, 0.3) is 5.56 Å². The molecule has 1 aliphatic carbocycles. The number of fused-ring (bicyclic) bond motifs is 1. The van der Waals surface area contributed by atoms with E-state index < -0.39 is 23.4 Å². The Morgan fingerprint density at radius 3 is 2.24 bits per heavy atom. The van der Waals surface area contributed by atoms with Crippen LogP contribution in [-0.4, -0.2) is 26.5 Å². The van der Waals surface area contributed by atoms with E-state index in [1.807, 2.05) is 30.3 Å². The largest absolute Gasteiger partial charge is 0.416 e. The number of carbonyl (C=O) groups excluding carboxylic acids is 1. The second-order valence-electron chi connectivity index (χ2n) is 10.6. The molecular weight excluding hydrogens is 531 g/mol. The average Bonchev–Trinajstić information content (AvgIpc) is 2.95. The van der Waals surface area contributed by atoms with E-state index in [4.69, 9.17) is 10.7 Å². The molecule has 0 aliphatic heterocycles. The van der Waals surface area contributed by atoms with Crippen molar-refractivity contribution < 1.29 is 18.0 Å². The third-order valence-electron chi connectivity index (χ3n) is 7.74. The van der Waals surface area contributed by atoms with Crippen LogP contribution in [0.5, 0.6) is 0 Å². The predicted octanol–water partition coefficient (Wildman–Crippen LogP) is 6.46. The van der Waals surface area contributed by atoms with Crippen LogP contribution in [0.1, 0.15) is 56.0 Å². The molecule has 1 atom stereocenters. The summed E-state index contributed by atoms with van der Waals surface area (Å²) in [5, 5.41) is 3.69. The fraction of sp³-hybridized carbons (Fsp3) is 0.323. The maximum atomic E-state index is 14.0. The van der Waals surface area contributed by atoms with Gasteiger partial charge in [0.15, 0.2) is 11.5 Å². The third-order valence-corrected chi connectivity index (χ3v) is 7.74. The molecule has 0 radical (unpaired) electrons. The summed E-state index contributed by atoms with van der Waals surface area (Å²) in [6, 6.07) is 19.9. The molecule has 1 heterocycles. The molecule has 1 fully saturated rings. The number of benzene rings is 3. The van der Waals surface area contributed by atoms with E-state index in [1.54, 1.807) is 31.2 Å². The first kappa shape index (κ1) is 28.2. The Hall–Kier alpha value is -4.34. The number of primary amides is 1. The number of aromatic nitrogens is 2. The van der Waals surface area contributed by atoms with Crippen molar-refractivity contribution in [3.05, 3.63) is 106 Å². The number of carbonyl (C=O) groups is 1. The lowest BCUT2D eigenvalue weighted by atomic mass is 9.91. The van der Waals surface area contributed by atoms with Crippen LogP contribution in [-0.2, 0) is 18.4 Å². The van der Waals surface area contributed by atoms with Crippen molar-refractivity contribution >= 4 is 22.6 Å². The molecule has 3 aromatic carbocycles. The summed E-state index contributed by atoms with van der Waals surface area (Å²) in [6.45, 7) is 1.87. The molecular formula is C31H32F3N5O2. The van der Waals surface area contributed by atoms with Crippen molar-refractivity contribution in [2.75, 3.05) is 5.32 Å². The van der Waals surface area contributed by atoms with Gasteiger partial charge in [-0.05, 0) is 61.7 Å². The number of halogens is 3. The maximum Gasteiger partial charge on any atom is 0.416 e. The topological polar surface area (TPSA) is 93.2 Å². The first-order chi connectivity index (χ1) is 19.6. The van der Waals surface area contributed by atoms with Gasteiger partial charge in [0, 0.05) is 11.7 Å². The van der Waals surface area contributed by atoms with Gasteiger partial charge < -0.3 is 11.1 Å². The van der Waals surface area contributed by atoms with Crippen molar-refractivity contribution in [3.8, 4) is 0 Å². The quantitative estimate of drug-likeness (QED) is 0.252. The van der Waals surface area contributed by atoms with Crippen LogP contribution in [0.15, 0.2) is 83.7 Å². The van der Waals surface area contributed by atoms with Gasteiger partial charge in [-0.15, -0.1) is 0 Å². The summed E-state index contributed by atoms with van der Waals surface area (Å²) in [5.74, 6) is 0.231.